The summed E-state index contributed by atoms with van der Waals surface area (Å²) >= 11 is 0. The SMILES string of the molecule is CC(=O)Nc1ccc(S(=O)(=O)N[C@@H](C)C(=O)N2CCCC2CN2CCCC2)cc1. The number of nitrogens with one attached hydrogen (secondary N) is 2. The molecule has 1 aromatic carbocycles. The third kappa shape index (κ3) is 5.55. The van der Waals surface area contributed by atoms with E-state index in [9.17, 15) is 18.0 Å². The summed E-state index contributed by atoms with van der Waals surface area (Å²) in [5.41, 5.74) is 0.516. The van der Waals surface area contributed by atoms with Crippen LogP contribution in [0.2, 0.25) is 0 Å². The van der Waals surface area contributed by atoms with Crippen LogP contribution >= 0.6 is 0 Å². The van der Waals surface area contributed by atoms with Gasteiger partial charge in [0.15, 0.2) is 0 Å². The van der Waals surface area contributed by atoms with Gasteiger partial charge in [-0.3, -0.25) is 9.59 Å². The highest BCUT2D eigenvalue weighted by atomic mass is 32.2. The molecule has 2 amide bonds. The number of hydrogen-bond donors (Lipinski definition) is 2. The highest BCUT2D eigenvalue weighted by Gasteiger charge is 2.34. The third-order valence-electron chi connectivity index (χ3n) is 5.52. The van der Waals surface area contributed by atoms with E-state index in [1.807, 2.05) is 4.90 Å². The molecule has 0 spiro atoms. The van der Waals surface area contributed by atoms with Crippen LogP contribution in [0.3, 0.4) is 0 Å². The molecule has 160 valence electrons. The van der Waals surface area contributed by atoms with Crippen LogP contribution in [0.15, 0.2) is 29.2 Å². The second-order valence-electron chi connectivity index (χ2n) is 7.88. The van der Waals surface area contributed by atoms with E-state index in [4.69, 9.17) is 0 Å². The van der Waals surface area contributed by atoms with Crippen molar-refractivity contribution in [3.63, 3.8) is 0 Å². The molecule has 0 saturated carbocycles. The predicted octanol–water partition coefficient (Wildman–Crippen LogP) is 1.40. The first-order valence-electron chi connectivity index (χ1n) is 10.2. The highest BCUT2D eigenvalue weighted by molar-refractivity contribution is 7.89. The van der Waals surface area contributed by atoms with Crippen LogP contribution < -0.4 is 10.0 Å². The summed E-state index contributed by atoms with van der Waals surface area (Å²) in [6, 6.07) is 5.19. The van der Waals surface area contributed by atoms with Crippen molar-refractivity contribution in [1.29, 1.82) is 0 Å². The standard InChI is InChI=1S/C20H30N4O4S/c1-15(20(26)24-13-5-6-18(24)14-23-11-3-4-12-23)22-29(27,28)19-9-7-17(8-10-19)21-16(2)25/h7-10,15,18,22H,3-6,11-14H2,1-2H3,(H,21,25)/t15-,18?/m0/s1. The van der Waals surface area contributed by atoms with Crippen LogP contribution in [0, 0.1) is 0 Å². The average Bonchev–Trinajstić information content (AvgIpc) is 3.33. The van der Waals surface area contributed by atoms with Gasteiger partial charge < -0.3 is 15.1 Å². The molecule has 2 N–H and O–H groups in total. The van der Waals surface area contributed by atoms with E-state index in [2.05, 4.69) is 14.9 Å². The molecule has 29 heavy (non-hydrogen) atoms. The normalized spacial score (nSPS) is 21.3. The number of rotatable bonds is 7. The Morgan fingerprint density at radius 2 is 1.76 bits per heavy atom. The van der Waals surface area contributed by atoms with Gasteiger partial charge in [0.25, 0.3) is 0 Å². The number of nitrogens with zero attached hydrogens (tertiary/aromatic N) is 2. The molecule has 1 unspecified atom stereocenters. The topological polar surface area (TPSA) is 98.8 Å². The van der Waals surface area contributed by atoms with Crippen LogP contribution in [0.25, 0.3) is 0 Å². The Labute approximate surface area is 172 Å². The molecule has 9 heteroatoms. The van der Waals surface area contributed by atoms with Gasteiger partial charge in [-0.15, -0.1) is 0 Å². The van der Waals surface area contributed by atoms with Crippen LogP contribution in [0.4, 0.5) is 5.69 Å². The summed E-state index contributed by atoms with van der Waals surface area (Å²) in [5, 5.41) is 2.59. The van der Waals surface area contributed by atoms with Gasteiger partial charge in [0.05, 0.1) is 10.9 Å². The van der Waals surface area contributed by atoms with Crippen molar-refractivity contribution in [3.8, 4) is 0 Å². The van der Waals surface area contributed by atoms with Crippen molar-refractivity contribution in [3.05, 3.63) is 24.3 Å². The van der Waals surface area contributed by atoms with Gasteiger partial charge in [0.2, 0.25) is 21.8 Å². The van der Waals surface area contributed by atoms with Crippen molar-refractivity contribution >= 4 is 27.5 Å². The fourth-order valence-corrected chi connectivity index (χ4v) is 5.30. The Kier molecular flexibility index (Phi) is 6.92. The minimum absolute atomic E-state index is 0.0568. The molecule has 3 rings (SSSR count). The summed E-state index contributed by atoms with van der Waals surface area (Å²) in [4.78, 5) is 28.3. The lowest BCUT2D eigenvalue weighted by Crippen LogP contribution is -2.50. The molecule has 0 aliphatic carbocycles. The van der Waals surface area contributed by atoms with Gasteiger partial charge in [-0.25, -0.2) is 8.42 Å². The number of likely N-dealkylation sites (tertiary alicyclic amines) is 2. The number of carbonyl (C=O) groups is 2. The Hall–Kier alpha value is -1.97. The molecule has 2 heterocycles. The lowest BCUT2D eigenvalue weighted by molar-refractivity contribution is -0.133. The molecule has 2 aliphatic rings. The smallest absolute Gasteiger partial charge is 0.241 e. The summed E-state index contributed by atoms with van der Waals surface area (Å²) < 4.78 is 27.9. The zero-order chi connectivity index (χ0) is 21.0. The molecule has 2 fully saturated rings. The van der Waals surface area contributed by atoms with Gasteiger partial charge in [0.1, 0.15) is 0 Å². The summed E-state index contributed by atoms with van der Waals surface area (Å²) in [7, 11) is -3.84. The van der Waals surface area contributed by atoms with E-state index in [1.165, 1.54) is 44.0 Å². The lowest BCUT2D eigenvalue weighted by Gasteiger charge is -2.30. The molecular formula is C20H30N4O4S. The molecule has 0 aromatic heterocycles. The first-order valence-corrected chi connectivity index (χ1v) is 11.7. The van der Waals surface area contributed by atoms with E-state index < -0.39 is 16.1 Å². The van der Waals surface area contributed by atoms with Crippen LogP contribution in [-0.4, -0.2) is 68.3 Å². The average molecular weight is 423 g/mol. The van der Waals surface area contributed by atoms with E-state index in [0.717, 1.165) is 32.5 Å². The Balaban J connectivity index is 1.62. The maximum Gasteiger partial charge on any atom is 0.241 e. The summed E-state index contributed by atoms with van der Waals surface area (Å²) in [6.07, 6.45) is 4.33. The molecule has 2 aliphatic heterocycles. The molecule has 0 bridgehead atoms. The van der Waals surface area contributed by atoms with Gasteiger partial charge in [-0.2, -0.15) is 4.72 Å². The molecule has 2 atom stereocenters. The molecule has 2 saturated heterocycles. The Morgan fingerprint density at radius 1 is 1.10 bits per heavy atom. The molecular weight excluding hydrogens is 392 g/mol. The van der Waals surface area contributed by atoms with Crippen molar-refractivity contribution < 1.29 is 18.0 Å². The zero-order valence-corrected chi connectivity index (χ0v) is 17.9. The summed E-state index contributed by atoms with van der Waals surface area (Å²) in [6.45, 7) is 6.68. The first kappa shape index (κ1) is 21.7. The van der Waals surface area contributed by atoms with E-state index >= 15 is 0 Å². The van der Waals surface area contributed by atoms with E-state index in [1.54, 1.807) is 6.92 Å². The van der Waals surface area contributed by atoms with Crippen LogP contribution in [0.1, 0.15) is 39.5 Å². The van der Waals surface area contributed by atoms with Gasteiger partial charge >= 0.3 is 0 Å². The number of carbonyl (C=O) groups excluding carboxylic acids is 2. The van der Waals surface area contributed by atoms with E-state index in [-0.39, 0.29) is 22.8 Å². The number of hydrogen-bond acceptors (Lipinski definition) is 5. The number of benzene rings is 1. The quantitative estimate of drug-likeness (QED) is 0.692. The Bertz CT molecular complexity index is 835. The predicted molar refractivity (Wildman–Crippen MR) is 111 cm³/mol. The molecule has 1 aromatic rings. The highest BCUT2D eigenvalue weighted by Crippen LogP contribution is 2.22. The van der Waals surface area contributed by atoms with Crippen LogP contribution in [-0.2, 0) is 19.6 Å². The number of amides is 2. The third-order valence-corrected chi connectivity index (χ3v) is 7.07. The van der Waals surface area contributed by atoms with Gasteiger partial charge in [-0.1, -0.05) is 0 Å². The fourth-order valence-electron chi connectivity index (χ4n) is 4.10. The van der Waals surface area contributed by atoms with E-state index in [0.29, 0.717) is 12.2 Å². The second-order valence-corrected chi connectivity index (χ2v) is 9.60. The zero-order valence-electron chi connectivity index (χ0n) is 17.1. The number of sulfonamides is 1. The van der Waals surface area contributed by atoms with Crippen molar-refractivity contribution in [2.75, 3.05) is 31.5 Å². The maximum atomic E-state index is 12.9. The first-order chi connectivity index (χ1) is 13.8. The monoisotopic (exact) mass is 422 g/mol. The van der Waals surface area contributed by atoms with Gasteiger partial charge in [0, 0.05) is 31.7 Å². The number of anilines is 1. The van der Waals surface area contributed by atoms with Crippen molar-refractivity contribution in [2.45, 2.75) is 56.5 Å². The fraction of sp³-hybridized carbons (Fsp3) is 0.600. The van der Waals surface area contributed by atoms with Gasteiger partial charge in [-0.05, 0) is 70.0 Å². The molecule has 8 nitrogen and oxygen atoms in total. The Morgan fingerprint density at radius 3 is 2.38 bits per heavy atom. The summed E-state index contributed by atoms with van der Waals surface area (Å²) in [5.74, 6) is -0.405. The minimum Gasteiger partial charge on any atom is -0.337 e. The second kappa shape index (κ2) is 9.23. The maximum absolute atomic E-state index is 12.9. The largest absolute Gasteiger partial charge is 0.337 e. The lowest BCUT2D eigenvalue weighted by atomic mass is 10.2. The van der Waals surface area contributed by atoms with Crippen LogP contribution in [0.5, 0.6) is 0 Å². The minimum atomic E-state index is -3.84. The van der Waals surface area contributed by atoms with Crippen molar-refractivity contribution in [2.24, 2.45) is 0 Å². The molecule has 0 radical (unpaired) electrons. The van der Waals surface area contributed by atoms with Crippen molar-refractivity contribution in [1.82, 2.24) is 14.5 Å².